The van der Waals surface area contributed by atoms with Crippen molar-refractivity contribution in [2.24, 2.45) is 40.5 Å². The minimum atomic E-state index is -2.29. The van der Waals surface area contributed by atoms with E-state index in [-0.39, 0.29) is 88.2 Å². The van der Waals surface area contributed by atoms with Crippen LogP contribution in [0.4, 0.5) is 0 Å². The van der Waals surface area contributed by atoms with Crippen molar-refractivity contribution in [2.45, 2.75) is 241 Å². The Hall–Kier alpha value is -13.7. The lowest BCUT2D eigenvalue weighted by Crippen LogP contribution is -2.63. The first-order valence-electron chi connectivity index (χ1n) is 41.2. The van der Waals surface area contributed by atoms with Crippen molar-refractivity contribution in [1.82, 2.24) is 95.0 Å². The van der Waals surface area contributed by atoms with Crippen molar-refractivity contribution in [2.75, 3.05) is 26.2 Å². The molecule has 17 atom stereocenters. The normalized spacial score (nSPS) is 15.1. The number of H-pyrrole nitrogens is 1. The zero-order valence-corrected chi connectivity index (χ0v) is 72.4. The molecule has 0 unspecified atom stereocenters. The molecule has 3 rings (SSSR count). The Bertz CT molecular complexity index is 4310. The number of carboxylic acid groups (broad SMARTS) is 3. The molecule has 0 fully saturated rings. The molecule has 0 saturated carbocycles. The molecule has 3 aromatic rings. The van der Waals surface area contributed by atoms with Gasteiger partial charge in [0.05, 0.1) is 56.1 Å². The number of carboxylic acids is 3. The van der Waals surface area contributed by atoms with Gasteiger partial charge in [-0.05, 0) is 114 Å². The van der Waals surface area contributed by atoms with Crippen molar-refractivity contribution in [3.8, 4) is 5.75 Å². The Kier molecular flexibility index (Phi) is 47.2. The van der Waals surface area contributed by atoms with Crippen LogP contribution in [0.5, 0.6) is 5.75 Å². The molecule has 129 heavy (non-hydrogen) atoms. The van der Waals surface area contributed by atoms with Gasteiger partial charge in [0.1, 0.15) is 90.3 Å². The third-order valence-electron chi connectivity index (χ3n) is 19.4. The number of aliphatic carboxylic acids is 3. The molecular weight excluding hydrogens is 1700 g/mol. The van der Waals surface area contributed by atoms with Gasteiger partial charge in [-0.15, -0.1) is 0 Å². The third kappa shape index (κ3) is 40.6. The number of carbonyl (C=O) groups excluding carboxylic acids is 15. The number of hydrogen-bond acceptors (Lipinski definition) is 27. The van der Waals surface area contributed by atoms with Crippen LogP contribution in [0.2, 0.25) is 0 Å². The number of aromatic hydroxyl groups is 1. The highest BCUT2D eigenvalue weighted by atomic mass is 16.4. The van der Waals surface area contributed by atoms with Crippen LogP contribution in [-0.4, -0.2) is 293 Å². The van der Waals surface area contributed by atoms with Crippen LogP contribution in [-0.2, 0) is 106 Å². The second kappa shape index (κ2) is 55.7. The lowest BCUT2D eigenvalue weighted by Gasteiger charge is -2.29. The number of nitrogens with one attached hydrogen (secondary N) is 19. The Morgan fingerprint density at radius 3 is 1.23 bits per heavy atom. The van der Waals surface area contributed by atoms with E-state index < -0.39 is 259 Å². The summed E-state index contributed by atoms with van der Waals surface area (Å²) in [5.74, 6) is -25.3. The minimum Gasteiger partial charge on any atom is -0.508 e. The molecule has 50 heteroatoms. The number of rotatable bonds is 59. The van der Waals surface area contributed by atoms with Gasteiger partial charge in [-0.25, -0.2) is 9.78 Å². The van der Waals surface area contributed by atoms with Crippen molar-refractivity contribution in [1.29, 1.82) is 10.8 Å². The number of aromatic amines is 1. The second-order valence-electron chi connectivity index (χ2n) is 31.2. The van der Waals surface area contributed by atoms with Crippen LogP contribution in [0.15, 0.2) is 67.1 Å². The van der Waals surface area contributed by atoms with Crippen LogP contribution in [0.25, 0.3) is 0 Å². The van der Waals surface area contributed by atoms with E-state index >= 15 is 0 Å². The average Bonchev–Trinajstić information content (AvgIpc) is 0.847. The summed E-state index contributed by atoms with van der Waals surface area (Å²) >= 11 is 0. The van der Waals surface area contributed by atoms with Gasteiger partial charge in [-0.1, -0.05) is 70.2 Å². The molecule has 0 spiro atoms. The van der Waals surface area contributed by atoms with E-state index in [1.165, 1.54) is 62.8 Å². The Labute approximate surface area is 741 Å². The molecule has 0 saturated heterocycles. The predicted octanol–water partition coefficient (Wildman–Crippen LogP) is -9.70. The first-order chi connectivity index (χ1) is 60.6. The van der Waals surface area contributed by atoms with Gasteiger partial charge in [-0.3, -0.25) is 92.3 Å². The molecule has 0 bridgehead atoms. The van der Waals surface area contributed by atoms with Gasteiger partial charge in [0, 0.05) is 38.5 Å². The maximum Gasteiger partial charge on any atom is 0.326 e. The van der Waals surface area contributed by atoms with Crippen molar-refractivity contribution < 1.29 is 122 Å². The SMILES string of the molecule is CC(C)C[C@H](NC(=O)[C@H](CCCNC(=N)N)NC(=O)[C@@H](NC(=O)[C@H](Cc1ccc(O)cc1)NC(=O)[C@H](CC(N)=O)NC(=O)[C@H](CC(=O)O)NC(=O)[C@@H](NC(=O)[C@H](Cc1ccccc1)NC(=O)[C@@H](NC(=O)[C@H](C)NC(=O)[C@H](CC(=O)O)NC(=O)[C@H](CO)NC(=O)[C@@H](N)Cc1c[nH]cn1)C(C)C)[C@@H](C)O)[C@@H](C)O)C(=O)N[C@@H](CCCNC(=N)N)C(=O)N[C@@H](CCCCN)C(=O)O. The molecule has 0 aliphatic carbocycles. The standard InChI is InChI=1S/C79H123N25O25/c1-37(2)27-50(68(119)92-47(18-13-25-88-78(83)84)65(116)94-49(77(128)129)17-11-12-24-80)95-66(117)48(19-14-26-89-79(85)86)93-75(126)61(40(6)106)103-71(122)51(29-43-20-22-45(108)23-21-43)96-69(120)53(31-57(82)109)97-70(121)55(33-59(112)113)100-76(127)62(41(7)107)104-72(123)52(28-42-15-9-8-10-16-42)99-74(125)60(38(3)4)102-63(114)39(5)91-67(118)54(32-58(110)111)98-73(124)56(35-105)101-64(115)46(81)30-44-34-87-36-90-44/h8-10,15-16,20-23,34,36-41,46-56,60-62,105-108H,11-14,17-19,24-33,35,80-81H2,1-7H3,(H2,82,109)(H,87,90)(H,91,118)(H,92,119)(H,93,126)(H,94,116)(H,95,117)(H,96,120)(H,97,121)(H,98,124)(H,99,125)(H,100,127)(H,101,115)(H,102,114)(H,103,122)(H,104,123)(H,110,111)(H,112,113)(H,128,129)(H4,83,84,88)(H4,85,86,89)/t39-,40+,41+,46-,47-,48-,49-,50-,51-,52-,53-,54-,55-,56-,60-,61-,62-/m0/s1. The highest BCUT2D eigenvalue weighted by Crippen LogP contribution is 2.17. The monoisotopic (exact) mass is 1820 g/mol. The van der Waals surface area contributed by atoms with Gasteiger partial charge >= 0.3 is 17.9 Å². The van der Waals surface area contributed by atoms with Gasteiger partial charge in [0.2, 0.25) is 88.6 Å². The molecule has 1 aromatic heterocycles. The fourth-order valence-corrected chi connectivity index (χ4v) is 12.5. The first-order valence-corrected chi connectivity index (χ1v) is 41.2. The summed E-state index contributed by atoms with van der Waals surface area (Å²) in [4.78, 5) is 254. The maximum absolute atomic E-state index is 14.7. The quantitative estimate of drug-likeness (QED) is 0.0142. The van der Waals surface area contributed by atoms with Gasteiger partial charge in [0.25, 0.3) is 0 Å². The summed E-state index contributed by atoms with van der Waals surface area (Å²) in [6.07, 6.45) is -5.45. The van der Waals surface area contributed by atoms with E-state index in [9.17, 15) is 122 Å². The van der Waals surface area contributed by atoms with E-state index in [1.807, 2.05) is 0 Å². The number of imidazole rings is 1. The zero-order chi connectivity index (χ0) is 97.1. The smallest absolute Gasteiger partial charge is 0.326 e. The van der Waals surface area contributed by atoms with Gasteiger partial charge < -0.3 is 154 Å². The van der Waals surface area contributed by atoms with Gasteiger partial charge in [-0.2, -0.15) is 0 Å². The highest BCUT2D eigenvalue weighted by molar-refractivity contribution is 6.02. The molecule has 36 N–H and O–H groups in total. The number of phenols is 1. The number of benzene rings is 2. The number of nitrogens with two attached hydrogens (primary N) is 5. The van der Waals surface area contributed by atoms with E-state index in [0.717, 1.165) is 20.8 Å². The van der Waals surface area contributed by atoms with Crippen LogP contribution in [0, 0.1) is 22.7 Å². The molecule has 2 aromatic carbocycles. The van der Waals surface area contributed by atoms with Crippen LogP contribution in [0.3, 0.4) is 0 Å². The number of phenolic OH excluding ortho intramolecular Hbond substituents is 1. The number of aliphatic hydroxyl groups is 3. The van der Waals surface area contributed by atoms with E-state index in [2.05, 4.69) is 95.0 Å². The summed E-state index contributed by atoms with van der Waals surface area (Å²) in [5.41, 5.74) is 28.9. The number of hydrogen-bond donors (Lipinski definition) is 31. The number of aliphatic hydroxyl groups excluding tert-OH is 3. The minimum absolute atomic E-state index is 0.0198. The topological polar surface area (TPSA) is 848 Å². The van der Waals surface area contributed by atoms with Gasteiger partial charge in [0.15, 0.2) is 11.9 Å². The molecule has 15 amide bonds. The largest absolute Gasteiger partial charge is 0.508 e. The Morgan fingerprint density at radius 1 is 0.419 bits per heavy atom. The summed E-state index contributed by atoms with van der Waals surface area (Å²) in [5, 5.41) is 125. The summed E-state index contributed by atoms with van der Waals surface area (Å²) in [6.45, 7) is 8.58. The number of guanidine groups is 2. The third-order valence-corrected chi connectivity index (χ3v) is 19.4. The highest BCUT2D eigenvalue weighted by Gasteiger charge is 2.41. The summed E-state index contributed by atoms with van der Waals surface area (Å²) < 4.78 is 0. The molecule has 0 aliphatic rings. The fourth-order valence-electron chi connectivity index (χ4n) is 12.5. The van der Waals surface area contributed by atoms with Crippen molar-refractivity contribution in [3.05, 3.63) is 83.9 Å². The number of aromatic nitrogens is 2. The molecule has 1 heterocycles. The van der Waals surface area contributed by atoms with Crippen LogP contribution >= 0.6 is 0 Å². The molecule has 50 nitrogen and oxygen atoms in total. The second-order valence-corrected chi connectivity index (χ2v) is 31.2. The number of amides is 15. The number of nitrogens with zero attached hydrogens (tertiary/aromatic N) is 1. The maximum atomic E-state index is 14.7. The zero-order valence-electron chi connectivity index (χ0n) is 72.4. The van der Waals surface area contributed by atoms with E-state index in [1.54, 1.807) is 32.0 Å². The lowest BCUT2D eigenvalue weighted by molar-refractivity contribution is -0.143. The Balaban J connectivity index is 1.97. The fraction of sp³-hybridized carbons (Fsp3) is 0.557. The molecule has 0 radical (unpaired) electrons. The molecular formula is C79H123N25O25. The van der Waals surface area contributed by atoms with Crippen molar-refractivity contribution in [3.63, 3.8) is 0 Å². The van der Waals surface area contributed by atoms with E-state index in [0.29, 0.717) is 24.1 Å². The van der Waals surface area contributed by atoms with Crippen molar-refractivity contribution >= 4 is 118 Å². The van der Waals surface area contributed by atoms with Crippen LogP contribution < -0.4 is 114 Å². The predicted molar refractivity (Wildman–Crippen MR) is 457 cm³/mol. The summed E-state index contributed by atoms with van der Waals surface area (Å²) in [6, 6.07) is -13.9. The molecule has 0 aliphatic heterocycles. The summed E-state index contributed by atoms with van der Waals surface area (Å²) in [7, 11) is 0. The lowest BCUT2D eigenvalue weighted by atomic mass is 10.00. The number of primary amides is 1. The Morgan fingerprint density at radius 2 is 0.798 bits per heavy atom. The first kappa shape index (κ1) is 109. The number of carbonyl (C=O) groups is 18. The average molecular weight is 1820 g/mol. The van der Waals surface area contributed by atoms with Crippen LogP contribution in [0.1, 0.15) is 136 Å². The molecule has 714 valence electrons. The van der Waals surface area contributed by atoms with E-state index in [4.69, 9.17) is 39.5 Å². The number of unbranched alkanes of at least 4 members (excludes halogenated alkanes) is 1.